The van der Waals surface area contributed by atoms with Crippen molar-refractivity contribution < 1.29 is 9.32 Å². The molecule has 2 aromatic heterocycles. The van der Waals surface area contributed by atoms with E-state index < -0.39 is 0 Å². The van der Waals surface area contributed by atoms with E-state index in [-0.39, 0.29) is 11.9 Å². The van der Waals surface area contributed by atoms with Crippen LogP contribution in [0.15, 0.2) is 29.0 Å². The summed E-state index contributed by atoms with van der Waals surface area (Å²) < 4.78 is 5.04. The van der Waals surface area contributed by atoms with E-state index in [1.807, 2.05) is 12.1 Å². The molecule has 0 radical (unpaired) electrons. The Morgan fingerprint density at radius 2 is 2.45 bits per heavy atom. The average molecular weight is 301 g/mol. The summed E-state index contributed by atoms with van der Waals surface area (Å²) >= 11 is 0. The van der Waals surface area contributed by atoms with Crippen LogP contribution in [-0.2, 0) is 11.3 Å². The Hall–Kier alpha value is -2.28. The van der Waals surface area contributed by atoms with E-state index in [1.165, 1.54) is 0 Å². The van der Waals surface area contributed by atoms with Gasteiger partial charge in [-0.15, -0.1) is 0 Å². The van der Waals surface area contributed by atoms with Gasteiger partial charge in [0.15, 0.2) is 5.82 Å². The molecule has 0 spiro atoms. The Bertz CT molecular complexity index is 628. The maximum atomic E-state index is 12.1. The molecule has 0 aromatic carbocycles. The zero-order valence-electron chi connectivity index (χ0n) is 12.5. The van der Waals surface area contributed by atoms with Gasteiger partial charge in [-0.2, -0.15) is 4.98 Å². The Balaban J connectivity index is 1.54. The Kier molecular flexibility index (Phi) is 4.43. The number of nitrogens with one attached hydrogen (secondary N) is 1. The monoisotopic (exact) mass is 301 g/mol. The van der Waals surface area contributed by atoms with Gasteiger partial charge in [-0.25, -0.2) is 0 Å². The molecule has 1 aliphatic heterocycles. The Labute approximate surface area is 128 Å². The fraction of sp³-hybridized carbons (Fsp3) is 0.467. The number of hydrogen-bond donors (Lipinski definition) is 1. The van der Waals surface area contributed by atoms with Crippen molar-refractivity contribution in [1.82, 2.24) is 25.3 Å². The number of likely N-dealkylation sites (tertiary alicyclic amines) is 1. The number of rotatable bonds is 5. The van der Waals surface area contributed by atoms with E-state index in [0.717, 1.165) is 24.9 Å². The topological polar surface area (TPSA) is 84.2 Å². The fourth-order valence-electron chi connectivity index (χ4n) is 2.70. The lowest BCUT2D eigenvalue weighted by atomic mass is 10.2. The smallest absolute Gasteiger partial charge is 0.234 e. The number of carbonyl (C=O) groups is 1. The molecule has 7 heteroatoms. The first-order chi connectivity index (χ1) is 10.7. The highest BCUT2D eigenvalue weighted by atomic mass is 16.5. The molecule has 0 unspecified atom stereocenters. The molecule has 22 heavy (non-hydrogen) atoms. The van der Waals surface area contributed by atoms with Crippen molar-refractivity contribution >= 4 is 5.91 Å². The lowest BCUT2D eigenvalue weighted by molar-refractivity contribution is -0.122. The molecule has 0 saturated carbocycles. The SMILES string of the molecule is Cc1nc([C@@H]2CCCN2CC(=O)NCc2cccnc2)no1. The predicted octanol–water partition coefficient (Wildman–Crippen LogP) is 1.23. The lowest BCUT2D eigenvalue weighted by Gasteiger charge is -2.21. The van der Waals surface area contributed by atoms with Crippen LogP contribution >= 0.6 is 0 Å². The minimum absolute atomic E-state index is 0.00373. The molecule has 1 atom stereocenters. The van der Waals surface area contributed by atoms with Crippen LogP contribution in [0.1, 0.15) is 36.2 Å². The Morgan fingerprint density at radius 3 is 3.18 bits per heavy atom. The summed E-state index contributed by atoms with van der Waals surface area (Å²) in [6, 6.07) is 3.87. The van der Waals surface area contributed by atoms with Crippen LogP contribution < -0.4 is 5.32 Å². The second kappa shape index (κ2) is 6.65. The summed E-state index contributed by atoms with van der Waals surface area (Å²) in [5, 5.41) is 6.90. The molecule has 3 rings (SSSR count). The summed E-state index contributed by atoms with van der Waals surface area (Å²) in [6.45, 7) is 3.49. The molecule has 0 aliphatic carbocycles. The maximum absolute atomic E-state index is 12.1. The van der Waals surface area contributed by atoms with E-state index in [0.29, 0.717) is 24.8 Å². The van der Waals surface area contributed by atoms with E-state index in [9.17, 15) is 4.79 Å². The van der Waals surface area contributed by atoms with Crippen LogP contribution in [0.25, 0.3) is 0 Å². The van der Waals surface area contributed by atoms with Crippen molar-refractivity contribution in [2.24, 2.45) is 0 Å². The van der Waals surface area contributed by atoms with Gasteiger partial charge in [-0.3, -0.25) is 14.7 Å². The van der Waals surface area contributed by atoms with Gasteiger partial charge in [0.2, 0.25) is 11.8 Å². The van der Waals surface area contributed by atoms with E-state index in [2.05, 4.69) is 25.3 Å². The maximum Gasteiger partial charge on any atom is 0.234 e. The van der Waals surface area contributed by atoms with Crippen LogP contribution in [0.3, 0.4) is 0 Å². The van der Waals surface area contributed by atoms with E-state index in [4.69, 9.17) is 4.52 Å². The van der Waals surface area contributed by atoms with Crippen molar-refractivity contribution in [2.45, 2.75) is 32.4 Å². The minimum Gasteiger partial charge on any atom is -0.351 e. The van der Waals surface area contributed by atoms with Gasteiger partial charge in [0, 0.05) is 25.9 Å². The van der Waals surface area contributed by atoms with Gasteiger partial charge in [0.1, 0.15) is 0 Å². The van der Waals surface area contributed by atoms with Crippen LogP contribution in [0, 0.1) is 6.92 Å². The summed E-state index contributed by atoms with van der Waals surface area (Å²) in [7, 11) is 0. The molecule has 3 heterocycles. The number of nitrogens with zero attached hydrogens (tertiary/aromatic N) is 4. The van der Waals surface area contributed by atoms with Gasteiger partial charge in [0.25, 0.3) is 0 Å². The van der Waals surface area contributed by atoms with Crippen LogP contribution in [0.2, 0.25) is 0 Å². The van der Waals surface area contributed by atoms with Gasteiger partial charge in [-0.05, 0) is 31.0 Å². The summed E-state index contributed by atoms with van der Waals surface area (Å²) in [6.07, 6.45) is 5.46. The molecular weight excluding hydrogens is 282 g/mol. The molecule has 1 N–H and O–H groups in total. The molecule has 2 aromatic rings. The van der Waals surface area contributed by atoms with Crippen LogP contribution in [-0.4, -0.2) is 39.0 Å². The average Bonchev–Trinajstić information content (AvgIpc) is 3.15. The number of aromatic nitrogens is 3. The third-order valence-corrected chi connectivity index (χ3v) is 3.76. The van der Waals surface area contributed by atoms with Crippen LogP contribution in [0.4, 0.5) is 0 Å². The van der Waals surface area contributed by atoms with Crippen molar-refractivity contribution in [3.05, 3.63) is 41.8 Å². The normalized spacial score (nSPS) is 18.5. The standard InChI is InChI=1S/C15H19N5O2/c1-11-18-15(19-22-11)13-5-3-7-20(13)10-14(21)17-9-12-4-2-6-16-8-12/h2,4,6,8,13H,3,5,7,9-10H2,1H3,(H,17,21)/t13-/m0/s1. The minimum atomic E-state index is -0.00373. The van der Waals surface area contributed by atoms with Gasteiger partial charge < -0.3 is 9.84 Å². The molecule has 1 saturated heterocycles. The Morgan fingerprint density at radius 1 is 1.55 bits per heavy atom. The third-order valence-electron chi connectivity index (χ3n) is 3.76. The first-order valence-corrected chi connectivity index (χ1v) is 7.42. The molecule has 7 nitrogen and oxygen atoms in total. The quantitative estimate of drug-likeness (QED) is 0.894. The first kappa shape index (κ1) is 14.6. The highest BCUT2D eigenvalue weighted by Gasteiger charge is 2.30. The lowest BCUT2D eigenvalue weighted by Crippen LogP contribution is -2.36. The number of aryl methyl sites for hydroxylation is 1. The van der Waals surface area contributed by atoms with Crippen LogP contribution in [0.5, 0.6) is 0 Å². The molecule has 0 bridgehead atoms. The zero-order valence-corrected chi connectivity index (χ0v) is 12.5. The second-order valence-corrected chi connectivity index (χ2v) is 5.44. The summed E-state index contributed by atoms with van der Waals surface area (Å²) in [5.74, 6) is 1.23. The number of amides is 1. The van der Waals surface area contributed by atoms with Gasteiger partial charge >= 0.3 is 0 Å². The summed E-state index contributed by atoms with van der Waals surface area (Å²) in [5.41, 5.74) is 0.989. The number of hydrogen-bond acceptors (Lipinski definition) is 6. The van der Waals surface area contributed by atoms with Gasteiger partial charge in [0.05, 0.1) is 12.6 Å². The second-order valence-electron chi connectivity index (χ2n) is 5.44. The largest absolute Gasteiger partial charge is 0.351 e. The van der Waals surface area contributed by atoms with Gasteiger partial charge in [-0.1, -0.05) is 11.2 Å². The molecular formula is C15H19N5O2. The van der Waals surface area contributed by atoms with E-state index in [1.54, 1.807) is 19.3 Å². The molecule has 1 amide bonds. The highest BCUT2D eigenvalue weighted by molar-refractivity contribution is 5.78. The predicted molar refractivity (Wildman–Crippen MR) is 78.7 cm³/mol. The third kappa shape index (κ3) is 3.48. The van der Waals surface area contributed by atoms with Crippen molar-refractivity contribution in [3.8, 4) is 0 Å². The fourth-order valence-corrected chi connectivity index (χ4v) is 2.70. The molecule has 116 valence electrons. The van der Waals surface area contributed by atoms with Crippen molar-refractivity contribution in [2.75, 3.05) is 13.1 Å². The van der Waals surface area contributed by atoms with Crippen molar-refractivity contribution in [3.63, 3.8) is 0 Å². The summed E-state index contributed by atoms with van der Waals surface area (Å²) in [4.78, 5) is 22.5. The number of pyridine rings is 1. The van der Waals surface area contributed by atoms with E-state index >= 15 is 0 Å². The zero-order chi connectivity index (χ0) is 15.4. The molecule has 1 fully saturated rings. The molecule has 1 aliphatic rings. The van der Waals surface area contributed by atoms with Crippen molar-refractivity contribution in [1.29, 1.82) is 0 Å². The highest BCUT2D eigenvalue weighted by Crippen LogP contribution is 2.29. The first-order valence-electron chi connectivity index (χ1n) is 7.42. The number of carbonyl (C=O) groups excluding carboxylic acids is 1.